The van der Waals surface area contributed by atoms with Crippen molar-refractivity contribution < 1.29 is 22.5 Å². The molecule has 0 spiro atoms. The lowest BCUT2D eigenvalue weighted by Gasteiger charge is -2.23. The van der Waals surface area contributed by atoms with E-state index in [0.29, 0.717) is 18.8 Å². The van der Waals surface area contributed by atoms with Crippen LogP contribution in [0, 0.1) is 0 Å². The lowest BCUT2D eigenvalue weighted by molar-refractivity contribution is 0.0324. The predicted octanol–water partition coefficient (Wildman–Crippen LogP) is -0.129. The Kier molecular flexibility index (Phi) is 5.99. The van der Waals surface area contributed by atoms with Gasteiger partial charge < -0.3 is 19.9 Å². The Morgan fingerprint density at radius 1 is 1.35 bits per heavy atom. The average Bonchev–Trinajstić information content (AvgIpc) is 3.19. The number of rotatable bonds is 7. The van der Waals surface area contributed by atoms with Gasteiger partial charge in [-0.25, -0.2) is 13.1 Å². The molecule has 0 aliphatic carbocycles. The van der Waals surface area contributed by atoms with E-state index in [1.54, 1.807) is 12.1 Å². The quantitative estimate of drug-likeness (QED) is 0.611. The largest absolute Gasteiger partial charge is 0.374 e. The number of morpholine rings is 1. The molecule has 1 aromatic heterocycles. The standard InChI is InChI=1S/C16H20N4O5S/c21-16(18-9-13-4-6-25-20-13)12-2-1-3-15(8-12)26(22,23)19-11-14-10-17-5-7-24-14/h1-4,6,8,14,17,19H,5,7,9-11H2,(H,18,21). The van der Waals surface area contributed by atoms with Gasteiger partial charge in [0, 0.05) is 31.3 Å². The minimum atomic E-state index is -3.74. The third kappa shape index (κ3) is 4.88. The average molecular weight is 380 g/mol. The first kappa shape index (κ1) is 18.5. The predicted molar refractivity (Wildman–Crippen MR) is 91.9 cm³/mol. The Labute approximate surface area is 151 Å². The molecule has 9 nitrogen and oxygen atoms in total. The molecule has 1 aliphatic rings. The molecular formula is C16H20N4O5S. The number of nitrogens with zero attached hydrogens (tertiary/aromatic N) is 1. The first-order valence-corrected chi connectivity index (χ1v) is 9.62. The zero-order valence-corrected chi connectivity index (χ0v) is 14.8. The maximum atomic E-state index is 12.5. The number of hydrogen-bond acceptors (Lipinski definition) is 7. The van der Waals surface area contributed by atoms with Crippen molar-refractivity contribution in [2.75, 3.05) is 26.2 Å². The van der Waals surface area contributed by atoms with Gasteiger partial charge in [-0.3, -0.25) is 4.79 Å². The molecule has 26 heavy (non-hydrogen) atoms. The minimum absolute atomic E-state index is 0.0235. The van der Waals surface area contributed by atoms with Gasteiger partial charge in [0.25, 0.3) is 5.91 Å². The number of aromatic nitrogens is 1. The fourth-order valence-electron chi connectivity index (χ4n) is 2.44. The molecule has 1 unspecified atom stereocenters. The molecule has 1 aliphatic heterocycles. The van der Waals surface area contributed by atoms with Gasteiger partial charge in [-0.1, -0.05) is 11.2 Å². The van der Waals surface area contributed by atoms with Gasteiger partial charge in [-0.05, 0) is 18.2 Å². The molecule has 1 aromatic carbocycles. The Bertz CT molecular complexity index is 832. The van der Waals surface area contributed by atoms with Crippen molar-refractivity contribution in [2.45, 2.75) is 17.5 Å². The van der Waals surface area contributed by atoms with Crippen LogP contribution in [0.1, 0.15) is 16.1 Å². The molecule has 1 fully saturated rings. The molecule has 10 heteroatoms. The van der Waals surface area contributed by atoms with Crippen molar-refractivity contribution in [3.63, 3.8) is 0 Å². The summed E-state index contributed by atoms with van der Waals surface area (Å²) in [6.45, 7) is 2.25. The van der Waals surface area contributed by atoms with Gasteiger partial charge in [0.2, 0.25) is 10.0 Å². The summed E-state index contributed by atoms with van der Waals surface area (Å²) < 4.78 is 37.6. The normalized spacial score (nSPS) is 17.8. The second kappa shape index (κ2) is 8.41. The molecular weight excluding hydrogens is 360 g/mol. The van der Waals surface area contributed by atoms with Crippen molar-refractivity contribution in [1.29, 1.82) is 0 Å². The zero-order chi connectivity index (χ0) is 18.4. The van der Waals surface area contributed by atoms with Gasteiger partial charge in [0.05, 0.1) is 24.2 Å². The maximum Gasteiger partial charge on any atom is 0.251 e. The number of benzene rings is 1. The molecule has 0 bridgehead atoms. The Morgan fingerprint density at radius 2 is 2.23 bits per heavy atom. The minimum Gasteiger partial charge on any atom is -0.374 e. The smallest absolute Gasteiger partial charge is 0.251 e. The van der Waals surface area contributed by atoms with Gasteiger partial charge in [0.1, 0.15) is 12.0 Å². The summed E-state index contributed by atoms with van der Waals surface area (Å²) in [6, 6.07) is 7.48. The highest BCUT2D eigenvalue weighted by atomic mass is 32.2. The fourth-order valence-corrected chi connectivity index (χ4v) is 3.55. The van der Waals surface area contributed by atoms with Gasteiger partial charge in [0.15, 0.2) is 0 Å². The number of sulfonamides is 1. The highest BCUT2D eigenvalue weighted by molar-refractivity contribution is 7.89. The van der Waals surface area contributed by atoms with Crippen LogP contribution in [0.5, 0.6) is 0 Å². The topological polar surface area (TPSA) is 123 Å². The van der Waals surface area contributed by atoms with E-state index in [-0.39, 0.29) is 29.7 Å². The van der Waals surface area contributed by atoms with Crippen molar-refractivity contribution in [3.8, 4) is 0 Å². The molecule has 1 saturated heterocycles. The monoisotopic (exact) mass is 380 g/mol. The van der Waals surface area contributed by atoms with Crippen LogP contribution in [-0.4, -0.2) is 51.8 Å². The Morgan fingerprint density at radius 3 is 2.96 bits per heavy atom. The van der Waals surface area contributed by atoms with Crippen LogP contribution in [0.4, 0.5) is 0 Å². The molecule has 2 heterocycles. The van der Waals surface area contributed by atoms with Crippen LogP contribution in [0.25, 0.3) is 0 Å². The summed E-state index contributed by atoms with van der Waals surface area (Å²) in [5.41, 5.74) is 0.817. The van der Waals surface area contributed by atoms with Crippen molar-refractivity contribution >= 4 is 15.9 Å². The number of ether oxygens (including phenoxy) is 1. The molecule has 1 amide bonds. The second-order valence-corrected chi connectivity index (χ2v) is 7.52. The third-order valence-electron chi connectivity index (χ3n) is 3.83. The number of hydrogen-bond donors (Lipinski definition) is 3. The lowest BCUT2D eigenvalue weighted by atomic mass is 10.2. The molecule has 2 aromatic rings. The molecule has 3 N–H and O–H groups in total. The molecule has 1 atom stereocenters. The first-order chi connectivity index (χ1) is 12.5. The van der Waals surface area contributed by atoms with E-state index >= 15 is 0 Å². The summed E-state index contributed by atoms with van der Waals surface area (Å²) in [7, 11) is -3.74. The Balaban J connectivity index is 1.62. The number of amides is 1. The third-order valence-corrected chi connectivity index (χ3v) is 5.25. The number of carbonyl (C=O) groups excluding carboxylic acids is 1. The number of nitrogens with one attached hydrogen (secondary N) is 3. The maximum absolute atomic E-state index is 12.5. The van der Waals surface area contributed by atoms with E-state index in [1.165, 1.54) is 24.5 Å². The lowest BCUT2D eigenvalue weighted by Crippen LogP contribution is -2.45. The van der Waals surface area contributed by atoms with Crippen LogP contribution in [-0.2, 0) is 21.3 Å². The summed E-state index contributed by atoms with van der Waals surface area (Å²) in [4.78, 5) is 12.2. The van der Waals surface area contributed by atoms with Gasteiger partial charge in [-0.15, -0.1) is 0 Å². The van der Waals surface area contributed by atoms with E-state index < -0.39 is 15.9 Å². The molecule has 140 valence electrons. The van der Waals surface area contributed by atoms with Gasteiger partial charge >= 0.3 is 0 Å². The van der Waals surface area contributed by atoms with Crippen LogP contribution >= 0.6 is 0 Å². The van der Waals surface area contributed by atoms with E-state index in [4.69, 9.17) is 4.74 Å². The van der Waals surface area contributed by atoms with E-state index in [0.717, 1.165) is 6.54 Å². The van der Waals surface area contributed by atoms with Crippen molar-refractivity contribution in [1.82, 2.24) is 20.5 Å². The highest BCUT2D eigenvalue weighted by Crippen LogP contribution is 2.12. The molecule has 3 rings (SSSR count). The van der Waals surface area contributed by atoms with E-state index in [9.17, 15) is 13.2 Å². The van der Waals surface area contributed by atoms with Crippen LogP contribution in [0.3, 0.4) is 0 Å². The SMILES string of the molecule is O=C(NCc1ccon1)c1cccc(S(=O)(=O)NCC2CNCCO2)c1. The summed E-state index contributed by atoms with van der Waals surface area (Å²) in [6.07, 6.45) is 1.19. The fraction of sp³-hybridized carbons (Fsp3) is 0.375. The highest BCUT2D eigenvalue weighted by Gasteiger charge is 2.20. The van der Waals surface area contributed by atoms with E-state index in [2.05, 4.69) is 25.0 Å². The summed E-state index contributed by atoms with van der Waals surface area (Å²) in [5.74, 6) is -0.398. The first-order valence-electron chi connectivity index (χ1n) is 8.14. The molecule has 0 saturated carbocycles. The van der Waals surface area contributed by atoms with Crippen LogP contribution in [0.15, 0.2) is 46.0 Å². The van der Waals surface area contributed by atoms with E-state index in [1.807, 2.05) is 0 Å². The number of carbonyl (C=O) groups is 1. The summed E-state index contributed by atoms with van der Waals surface area (Å²) in [5, 5.41) is 9.49. The Hall–Kier alpha value is -2.27. The van der Waals surface area contributed by atoms with Crippen LogP contribution < -0.4 is 15.4 Å². The summed E-state index contributed by atoms with van der Waals surface area (Å²) >= 11 is 0. The zero-order valence-electron chi connectivity index (χ0n) is 14.0. The van der Waals surface area contributed by atoms with Crippen LogP contribution in [0.2, 0.25) is 0 Å². The van der Waals surface area contributed by atoms with Gasteiger partial charge in [-0.2, -0.15) is 0 Å². The molecule has 0 radical (unpaired) electrons. The second-order valence-electron chi connectivity index (χ2n) is 5.75. The van der Waals surface area contributed by atoms with Crippen molar-refractivity contribution in [3.05, 3.63) is 47.9 Å². The van der Waals surface area contributed by atoms with Crippen molar-refractivity contribution in [2.24, 2.45) is 0 Å².